The van der Waals surface area contributed by atoms with E-state index >= 15 is 0 Å². The minimum Gasteiger partial charge on any atom is -0.476 e. The van der Waals surface area contributed by atoms with Crippen molar-refractivity contribution in [1.29, 1.82) is 0 Å². The number of piperidine rings is 1. The van der Waals surface area contributed by atoms with Crippen LogP contribution in [0.4, 0.5) is 0 Å². The molecule has 0 bridgehead atoms. The third-order valence-corrected chi connectivity index (χ3v) is 3.20. The summed E-state index contributed by atoms with van der Waals surface area (Å²) in [6.07, 6.45) is 9.14. The van der Waals surface area contributed by atoms with Crippen molar-refractivity contribution in [2.24, 2.45) is 0 Å². The molecule has 1 N–H and O–H groups in total. The third kappa shape index (κ3) is 3.71. The number of nitrogens with zero attached hydrogens (tertiary/aromatic N) is 1. The van der Waals surface area contributed by atoms with E-state index in [0.717, 1.165) is 37.1 Å². The van der Waals surface area contributed by atoms with Crippen LogP contribution in [0.3, 0.4) is 0 Å². The largest absolute Gasteiger partial charge is 0.476 e. The van der Waals surface area contributed by atoms with Gasteiger partial charge in [-0.1, -0.05) is 30.3 Å². The van der Waals surface area contributed by atoms with Crippen LogP contribution in [0.15, 0.2) is 48.1 Å². The third-order valence-electron chi connectivity index (χ3n) is 3.20. The number of allylic oxidation sites excluding steroid dienone is 2. The Morgan fingerprint density at radius 3 is 2.79 bits per heavy atom. The van der Waals surface area contributed by atoms with Gasteiger partial charge in [0.1, 0.15) is 6.54 Å². The predicted molar refractivity (Wildman–Crippen MR) is 77.2 cm³/mol. The summed E-state index contributed by atoms with van der Waals surface area (Å²) in [4.78, 5) is 0. The molecule has 0 atom stereocenters. The van der Waals surface area contributed by atoms with Crippen LogP contribution in [0.1, 0.15) is 24.8 Å². The first-order chi connectivity index (χ1) is 9.31. The van der Waals surface area contributed by atoms with Gasteiger partial charge in [0.25, 0.3) is 5.70 Å². The summed E-state index contributed by atoms with van der Waals surface area (Å²) in [6, 6.07) is 10.2. The van der Waals surface area contributed by atoms with Crippen LogP contribution in [0.2, 0.25) is 0 Å². The van der Waals surface area contributed by atoms with Gasteiger partial charge in [-0.05, 0) is 18.1 Å². The highest BCUT2D eigenvalue weighted by Gasteiger charge is 2.23. The predicted octanol–water partition coefficient (Wildman–Crippen LogP) is 3.34. The standard InChI is InChI=1S/C16H19NO2/c1-19-16(18)15-11-5-6-12-17(15)13-7-10-14-8-3-2-4-9-14/h2-4,7-10,13H,5-6,11-12H2,1H3/p+1/b10-7+,16-15+,17-13+. The van der Waals surface area contributed by atoms with Crippen molar-refractivity contribution in [2.45, 2.75) is 19.3 Å². The zero-order valence-corrected chi connectivity index (χ0v) is 11.2. The second-order valence-electron chi connectivity index (χ2n) is 4.53. The maximum atomic E-state index is 9.74. The molecule has 1 aromatic rings. The van der Waals surface area contributed by atoms with Crippen LogP contribution in [-0.2, 0) is 4.74 Å². The lowest BCUT2D eigenvalue weighted by Gasteiger charge is -2.12. The number of hydrogen-bond acceptors (Lipinski definition) is 2. The molecule has 0 aromatic heterocycles. The van der Waals surface area contributed by atoms with E-state index in [1.807, 2.05) is 30.5 Å². The highest BCUT2D eigenvalue weighted by molar-refractivity contribution is 5.75. The van der Waals surface area contributed by atoms with Crippen LogP contribution < -0.4 is 0 Å². The van der Waals surface area contributed by atoms with E-state index in [-0.39, 0.29) is 5.95 Å². The lowest BCUT2D eigenvalue weighted by molar-refractivity contribution is -0.487. The van der Waals surface area contributed by atoms with Gasteiger partial charge in [0, 0.05) is 18.9 Å². The van der Waals surface area contributed by atoms with Crippen molar-refractivity contribution >= 4 is 12.3 Å². The molecule has 1 aliphatic heterocycles. The molecule has 100 valence electrons. The van der Waals surface area contributed by atoms with E-state index in [0.29, 0.717) is 0 Å². The van der Waals surface area contributed by atoms with Gasteiger partial charge in [0.2, 0.25) is 0 Å². The molecule has 1 fully saturated rings. The van der Waals surface area contributed by atoms with Gasteiger partial charge >= 0.3 is 5.95 Å². The number of methoxy groups -OCH3 is 1. The monoisotopic (exact) mass is 258 g/mol. The van der Waals surface area contributed by atoms with Gasteiger partial charge in [-0.3, -0.25) is 0 Å². The molecule has 0 radical (unpaired) electrons. The summed E-state index contributed by atoms with van der Waals surface area (Å²) in [5, 5.41) is 9.74. The molecule has 0 unspecified atom stereocenters. The van der Waals surface area contributed by atoms with Gasteiger partial charge in [-0.15, -0.1) is 0 Å². The number of rotatable bonds is 3. The van der Waals surface area contributed by atoms with Gasteiger partial charge in [-0.2, -0.15) is 4.58 Å². The second kappa shape index (κ2) is 6.78. The zero-order valence-electron chi connectivity index (χ0n) is 11.2. The first kappa shape index (κ1) is 13.4. The number of aliphatic hydroxyl groups excluding tert-OH is 1. The van der Waals surface area contributed by atoms with Crippen molar-refractivity contribution in [2.75, 3.05) is 13.7 Å². The Morgan fingerprint density at radius 2 is 2.05 bits per heavy atom. The Morgan fingerprint density at radius 1 is 1.26 bits per heavy atom. The highest BCUT2D eigenvalue weighted by Crippen LogP contribution is 2.18. The quantitative estimate of drug-likeness (QED) is 0.666. The lowest BCUT2D eigenvalue weighted by Crippen LogP contribution is -2.21. The van der Waals surface area contributed by atoms with Gasteiger partial charge in [-0.25, -0.2) is 0 Å². The van der Waals surface area contributed by atoms with E-state index in [2.05, 4.69) is 22.8 Å². The minimum absolute atomic E-state index is 0.0315. The molecular formula is C16H20NO2+. The zero-order chi connectivity index (χ0) is 13.5. The fourth-order valence-electron chi connectivity index (χ4n) is 2.19. The fraction of sp³-hybridized carbons (Fsp3) is 0.312. The van der Waals surface area contributed by atoms with Crippen molar-refractivity contribution in [1.82, 2.24) is 0 Å². The van der Waals surface area contributed by atoms with E-state index < -0.39 is 0 Å². The molecular weight excluding hydrogens is 238 g/mol. The van der Waals surface area contributed by atoms with E-state index in [1.165, 1.54) is 7.11 Å². The van der Waals surface area contributed by atoms with Crippen molar-refractivity contribution in [3.8, 4) is 0 Å². The van der Waals surface area contributed by atoms with Gasteiger partial charge < -0.3 is 9.84 Å². The normalized spacial score (nSPS) is 20.8. The Balaban J connectivity index is 2.15. The maximum Gasteiger partial charge on any atom is 0.347 e. The molecule has 0 saturated carbocycles. The van der Waals surface area contributed by atoms with Gasteiger partial charge in [0.15, 0.2) is 6.21 Å². The molecule has 1 heterocycles. The molecule has 0 aliphatic carbocycles. The number of benzene rings is 1. The summed E-state index contributed by atoms with van der Waals surface area (Å²) in [7, 11) is 1.49. The SMILES string of the molecule is CO\C(O)=C1/CCCC/[N+]1=C\C=C\c1ccccc1. The summed E-state index contributed by atoms with van der Waals surface area (Å²) in [5.41, 5.74) is 2.03. The fourth-order valence-corrected chi connectivity index (χ4v) is 2.19. The molecule has 1 aliphatic rings. The molecule has 1 saturated heterocycles. The molecule has 19 heavy (non-hydrogen) atoms. The smallest absolute Gasteiger partial charge is 0.347 e. The lowest BCUT2D eigenvalue weighted by atomic mass is 10.1. The number of hydrogen-bond donors (Lipinski definition) is 1. The van der Waals surface area contributed by atoms with Crippen LogP contribution in [0.25, 0.3) is 6.08 Å². The molecule has 0 spiro atoms. The average Bonchev–Trinajstić information content (AvgIpc) is 2.48. The van der Waals surface area contributed by atoms with Crippen molar-refractivity contribution in [3.05, 3.63) is 53.6 Å². The first-order valence-corrected chi connectivity index (χ1v) is 6.60. The van der Waals surface area contributed by atoms with E-state index in [9.17, 15) is 5.11 Å². The molecule has 3 nitrogen and oxygen atoms in total. The summed E-state index contributed by atoms with van der Waals surface area (Å²) < 4.78 is 6.99. The van der Waals surface area contributed by atoms with Crippen molar-refractivity contribution < 1.29 is 14.4 Å². The topological polar surface area (TPSA) is 32.5 Å². The first-order valence-electron chi connectivity index (χ1n) is 6.60. The molecule has 2 rings (SSSR count). The summed E-state index contributed by atoms with van der Waals surface area (Å²) in [6.45, 7) is 0.919. The highest BCUT2D eigenvalue weighted by atomic mass is 16.6. The van der Waals surface area contributed by atoms with E-state index in [1.54, 1.807) is 0 Å². The minimum atomic E-state index is 0.0315. The Kier molecular flexibility index (Phi) is 4.78. The average molecular weight is 258 g/mol. The van der Waals surface area contributed by atoms with Crippen LogP contribution in [-0.4, -0.2) is 29.6 Å². The molecule has 3 heteroatoms. The summed E-state index contributed by atoms with van der Waals surface area (Å²) in [5.74, 6) is 0.0315. The number of aliphatic hydroxyl groups is 1. The molecule has 1 aromatic carbocycles. The van der Waals surface area contributed by atoms with E-state index in [4.69, 9.17) is 4.74 Å². The van der Waals surface area contributed by atoms with Crippen molar-refractivity contribution in [3.63, 3.8) is 0 Å². The number of ether oxygens (including phenoxy) is 1. The van der Waals surface area contributed by atoms with Crippen LogP contribution in [0, 0.1) is 0 Å². The van der Waals surface area contributed by atoms with Gasteiger partial charge in [0.05, 0.1) is 7.11 Å². The Bertz CT molecular complexity index is 501. The van der Waals surface area contributed by atoms with Crippen LogP contribution >= 0.6 is 0 Å². The maximum absolute atomic E-state index is 9.74. The second-order valence-corrected chi connectivity index (χ2v) is 4.53. The Hall–Kier alpha value is -2.03. The van der Waals surface area contributed by atoms with Crippen LogP contribution in [0.5, 0.6) is 0 Å². The summed E-state index contributed by atoms with van der Waals surface area (Å²) >= 11 is 0. The molecule has 0 amide bonds. The Labute approximate surface area is 114 Å².